The third kappa shape index (κ3) is 5.29. The number of thioether (sulfide) groups is 1. The summed E-state index contributed by atoms with van der Waals surface area (Å²) in [5.74, 6) is 2.28. The minimum Gasteiger partial charge on any atom is -0.497 e. The first-order chi connectivity index (χ1) is 13.7. The average molecular weight is 397 g/mol. The van der Waals surface area contributed by atoms with Crippen LogP contribution in [0, 0.1) is 0 Å². The van der Waals surface area contributed by atoms with Crippen molar-refractivity contribution < 1.29 is 9.53 Å². The molecule has 3 aromatic rings. The number of aryl methyl sites for hydroxylation is 1. The highest BCUT2D eigenvalue weighted by Crippen LogP contribution is 2.24. The zero-order valence-electron chi connectivity index (χ0n) is 16.0. The maximum atomic E-state index is 12.5. The van der Waals surface area contributed by atoms with Gasteiger partial charge in [-0.2, -0.15) is 0 Å². The van der Waals surface area contributed by atoms with Crippen LogP contribution < -0.4 is 15.4 Å². The van der Waals surface area contributed by atoms with Gasteiger partial charge in [0, 0.05) is 36.6 Å². The molecule has 0 saturated heterocycles. The molecule has 1 atom stereocenters. The van der Waals surface area contributed by atoms with E-state index in [2.05, 4.69) is 27.8 Å². The van der Waals surface area contributed by atoms with Crippen molar-refractivity contribution in [2.24, 2.45) is 7.05 Å². The smallest absolute Gasteiger partial charge is 0.315 e. The summed E-state index contributed by atoms with van der Waals surface area (Å²) in [4.78, 5) is 18.1. The Kier molecular flexibility index (Phi) is 6.97. The Morgan fingerprint density at radius 1 is 1.21 bits per heavy atom. The van der Waals surface area contributed by atoms with Crippen molar-refractivity contribution in [1.82, 2.24) is 20.2 Å². The number of hydrogen-bond acceptors (Lipinski definition) is 4. The summed E-state index contributed by atoms with van der Waals surface area (Å²) in [6.07, 6.45) is 3.58. The SMILES string of the molecule is COc1cccc(C(NC(=O)NCCSc2ccccc2)c2nccn2C)c1. The average Bonchev–Trinajstić information content (AvgIpc) is 3.16. The van der Waals surface area contributed by atoms with Gasteiger partial charge in [0.2, 0.25) is 0 Å². The molecular weight excluding hydrogens is 372 g/mol. The second kappa shape index (κ2) is 9.85. The number of rotatable bonds is 8. The number of carbonyl (C=O) groups is 1. The van der Waals surface area contributed by atoms with Gasteiger partial charge in [-0.05, 0) is 29.8 Å². The van der Waals surface area contributed by atoms with Gasteiger partial charge in [0.15, 0.2) is 0 Å². The van der Waals surface area contributed by atoms with Crippen molar-refractivity contribution in [3.8, 4) is 5.75 Å². The molecule has 6 nitrogen and oxygen atoms in total. The fourth-order valence-electron chi connectivity index (χ4n) is 2.81. The molecule has 0 saturated carbocycles. The van der Waals surface area contributed by atoms with E-state index < -0.39 is 0 Å². The number of aromatic nitrogens is 2. The first-order valence-electron chi connectivity index (χ1n) is 9.01. The first-order valence-corrected chi connectivity index (χ1v) is 9.99. The van der Waals surface area contributed by atoms with Crippen LogP contribution in [0.2, 0.25) is 0 Å². The number of amides is 2. The molecule has 1 unspecified atom stereocenters. The Labute approximate surface area is 169 Å². The molecule has 28 heavy (non-hydrogen) atoms. The Morgan fingerprint density at radius 2 is 2.04 bits per heavy atom. The molecule has 2 aromatic carbocycles. The lowest BCUT2D eigenvalue weighted by Gasteiger charge is -2.20. The van der Waals surface area contributed by atoms with E-state index >= 15 is 0 Å². The van der Waals surface area contributed by atoms with E-state index in [-0.39, 0.29) is 12.1 Å². The van der Waals surface area contributed by atoms with Gasteiger partial charge in [-0.15, -0.1) is 11.8 Å². The third-order valence-corrected chi connectivity index (χ3v) is 5.23. The molecule has 0 radical (unpaired) electrons. The van der Waals surface area contributed by atoms with E-state index in [1.54, 1.807) is 25.1 Å². The van der Waals surface area contributed by atoms with E-state index in [0.717, 1.165) is 22.9 Å². The monoisotopic (exact) mass is 396 g/mol. The molecule has 7 heteroatoms. The molecule has 1 heterocycles. The predicted molar refractivity (Wildman–Crippen MR) is 112 cm³/mol. The van der Waals surface area contributed by atoms with Crippen LogP contribution in [-0.4, -0.2) is 35.0 Å². The largest absolute Gasteiger partial charge is 0.497 e. The normalized spacial score (nSPS) is 11.6. The lowest BCUT2D eigenvalue weighted by molar-refractivity contribution is 0.238. The summed E-state index contributed by atoms with van der Waals surface area (Å²) in [5, 5.41) is 5.95. The zero-order chi connectivity index (χ0) is 19.8. The van der Waals surface area contributed by atoms with E-state index in [0.29, 0.717) is 6.54 Å². The molecule has 0 fully saturated rings. The lowest BCUT2D eigenvalue weighted by atomic mass is 10.1. The summed E-state index contributed by atoms with van der Waals surface area (Å²) in [6.45, 7) is 0.566. The lowest BCUT2D eigenvalue weighted by Crippen LogP contribution is -2.40. The number of ether oxygens (including phenoxy) is 1. The molecule has 3 rings (SSSR count). The Bertz CT molecular complexity index is 898. The Morgan fingerprint density at radius 3 is 2.75 bits per heavy atom. The van der Waals surface area contributed by atoms with Crippen LogP contribution in [0.3, 0.4) is 0 Å². The molecule has 0 aliphatic heterocycles. The maximum absolute atomic E-state index is 12.5. The van der Waals surface area contributed by atoms with Crippen molar-refractivity contribution in [3.05, 3.63) is 78.4 Å². The highest BCUT2D eigenvalue weighted by atomic mass is 32.2. The van der Waals surface area contributed by atoms with Gasteiger partial charge < -0.3 is 19.9 Å². The summed E-state index contributed by atoms with van der Waals surface area (Å²) < 4.78 is 7.22. The van der Waals surface area contributed by atoms with Crippen LogP contribution in [0.5, 0.6) is 5.75 Å². The number of methoxy groups -OCH3 is 1. The second-order valence-corrected chi connectivity index (χ2v) is 7.34. The highest BCUT2D eigenvalue weighted by molar-refractivity contribution is 7.99. The van der Waals surface area contributed by atoms with Gasteiger partial charge in [-0.3, -0.25) is 0 Å². The topological polar surface area (TPSA) is 68.2 Å². The molecule has 1 aromatic heterocycles. The van der Waals surface area contributed by atoms with Crippen LogP contribution in [-0.2, 0) is 7.05 Å². The van der Waals surface area contributed by atoms with Crippen molar-refractivity contribution >= 4 is 17.8 Å². The molecule has 146 valence electrons. The number of carbonyl (C=O) groups excluding carboxylic acids is 1. The molecule has 2 amide bonds. The Hall–Kier alpha value is -2.93. The van der Waals surface area contributed by atoms with Crippen LogP contribution in [0.25, 0.3) is 0 Å². The van der Waals surface area contributed by atoms with Gasteiger partial charge >= 0.3 is 6.03 Å². The summed E-state index contributed by atoms with van der Waals surface area (Å²) in [7, 11) is 3.53. The van der Waals surface area contributed by atoms with E-state index in [4.69, 9.17) is 4.74 Å². The zero-order valence-corrected chi connectivity index (χ0v) is 16.8. The predicted octanol–water partition coefficient (Wildman–Crippen LogP) is 3.61. The van der Waals surface area contributed by atoms with E-state index in [9.17, 15) is 4.79 Å². The number of benzene rings is 2. The fraction of sp³-hybridized carbons (Fsp3) is 0.238. The second-order valence-electron chi connectivity index (χ2n) is 6.17. The quantitative estimate of drug-likeness (QED) is 0.451. The minimum absolute atomic E-state index is 0.232. The van der Waals surface area contributed by atoms with Gasteiger partial charge in [0.25, 0.3) is 0 Å². The van der Waals surface area contributed by atoms with Crippen LogP contribution >= 0.6 is 11.8 Å². The standard InChI is InChI=1S/C21H24N4O2S/c1-25-13-11-22-20(25)19(16-7-6-8-17(15-16)27-2)24-21(26)23-12-14-28-18-9-4-3-5-10-18/h3-11,13,15,19H,12,14H2,1-2H3,(H2,23,24,26). The summed E-state index contributed by atoms with van der Waals surface area (Å²) >= 11 is 1.71. The third-order valence-electron chi connectivity index (χ3n) is 4.22. The highest BCUT2D eigenvalue weighted by Gasteiger charge is 2.21. The van der Waals surface area contributed by atoms with Crippen LogP contribution in [0.15, 0.2) is 71.9 Å². The fourth-order valence-corrected chi connectivity index (χ4v) is 3.60. The van der Waals surface area contributed by atoms with Crippen molar-refractivity contribution in [2.75, 3.05) is 19.4 Å². The summed E-state index contributed by atoms with van der Waals surface area (Å²) in [5.41, 5.74) is 0.905. The number of imidazole rings is 1. The Balaban J connectivity index is 1.62. The van der Waals surface area contributed by atoms with Crippen LogP contribution in [0.4, 0.5) is 4.79 Å². The molecule has 0 aliphatic carbocycles. The van der Waals surface area contributed by atoms with E-state index in [1.165, 1.54) is 4.90 Å². The van der Waals surface area contributed by atoms with Crippen molar-refractivity contribution in [2.45, 2.75) is 10.9 Å². The van der Waals surface area contributed by atoms with Gasteiger partial charge in [-0.1, -0.05) is 30.3 Å². The molecule has 0 bridgehead atoms. The number of nitrogens with zero attached hydrogens (tertiary/aromatic N) is 2. The van der Waals surface area contributed by atoms with Gasteiger partial charge in [-0.25, -0.2) is 9.78 Å². The van der Waals surface area contributed by atoms with E-state index in [1.807, 2.05) is 60.3 Å². The van der Waals surface area contributed by atoms with Gasteiger partial charge in [0.1, 0.15) is 17.6 Å². The minimum atomic E-state index is -0.378. The first kappa shape index (κ1) is 19.8. The molecule has 2 N–H and O–H groups in total. The number of hydrogen-bond donors (Lipinski definition) is 2. The van der Waals surface area contributed by atoms with Crippen molar-refractivity contribution in [1.29, 1.82) is 0 Å². The van der Waals surface area contributed by atoms with Crippen molar-refractivity contribution in [3.63, 3.8) is 0 Å². The number of urea groups is 1. The maximum Gasteiger partial charge on any atom is 0.315 e. The van der Waals surface area contributed by atoms with Gasteiger partial charge in [0.05, 0.1) is 7.11 Å². The molecule has 0 spiro atoms. The number of nitrogens with one attached hydrogen (secondary N) is 2. The summed E-state index contributed by atoms with van der Waals surface area (Å²) in [6, 6.07) is 17.2. The molecular formula is C21H24N4O2S. The molecule has 0 aliphatic rings. The van der Waals surface area contributed by atoms with Crippen LogP contribution in [0.1, 0.15) is 17.4 Å².